The first kappa shape index (κ1) is 13.5. The molecule has 2 unspecified atom stereocenters. The number of anilines is 1. The van der Waals surface area contributed by atoms with Gasteiger partial charge in [-0.2, -0.15) is 0 Å². The number of ether oxygens (including phenoxy) is 1. The molecule has 20 heavy (non-hydrogen) atoms. The van der Waals surface area contributed by atoms with Gasteiger partial charge in [0.2, 0.25) is 0 Å². The van der Waals surface area contributed by atoms with Gasteiger partial charge in [-0.05, 0) is 30.7 Å². The Hall–Kier alpha value is -1.51. The number of benzene rings is 2. The fraction of sp³-hybridized carbons (Fsp3) is 0.294. The number of halogens is 1. The van der Waals surface area contributed by atoms with E-state index in [4.69, 9.17) is 16.3 Å². The summed E-state index contributed by atoms with van der Waals surface area (Å²) in [6.45, 7) is 2.74. The van der Waals surface area contributed by atoms with Crippen molar-refractivity contribution in [1.29, 1.82) is 0 Å². The van der Waals surface area contributed by atoms with Crippen LogP contribution in [-0.4, -0.2) is 6.61 Å². The molecule has 2 nitrogen and oxygen atoms in total. The highest BCUT2D eigenvalue weighted by Crippen LogP contribution is 2.41. The lowest BCUT2D eigenvalue weighted by Gasteiger charge is -2.33. The summed E-state index contributed by atoms with van der Waals surface area (Å²) in [7, 11) is 0. The van der Waals surface area contributed by atoms with Crippen LogP contribution < -0.4 is 5.32 Å². The summed E-state index contributed by atoms with van der Waals surface area (Å²) < 4.78 is 5.92. The molecule has 0 aliphatic carbocycles. The molecule has 104 valence electrons. The quantitative estimate of drug-likeness (QED) is 0.860. The lowest BCUT2D eigenvalue weighted by Crippen LogP contribution is -2.23. The zero-order valence-corrected chi connectivity index (χ0v) is 12.2. The molecule has 1 aliphatic rings. The lowest BCUT2D eigenvalue weighted by molar-refractivity contribution is 0.0499. The molecule has 0 saturated carbocycles. The number of rotatable bonds is 3. The number of nitrogens with one attached hydrogen (secondary N) is 1. The standard InChI is InChI=1S/C17H18ClNO/c1-2-20-17-11-16(12-6-4-3-5-7-12)19-15-9-8-13(18)10-14(15)17/h3-10,16-17,19H,2,11H2,1H3. The smallest absolute Gasteiger partial charge is 0.0868 e. The molecule has 1 heterocycles. The molecule has 1 aliphatic heterocycles. The first-order valence-electron chi connectivity index (χ1n) is 7.00. The molecule has 0 radical (unpaired) electrons. The second kappa shape index (κ2) is 5.86. The van der Waals surface area contributed by atoms with Gasteiger partial charge in [-0.25, -0.2) is 0 Å². The monoisotopic (exact) mass is 287 g/mol. The van der Waals surface area contributed by atoms with Gasteiger partial charge >= 0.3 is 0 Å². The molecule has 0 spiro atoms. The molecule has 0 fully saturated rings. The second-order valence-electron chi connectivity index (χ2n) is 5.02. The summed E-state index contributed by atoms with van der Waals surface area (Å²) in [5.41, 5.74) is 3.57. The van der Waals surface area contributed by atoms with Crippen molar-refractivity contribution in [1.82, 2.24) is 0 Å². The van der Waals surface area contributed by atoms with E-state index in [9.17, 15) is 0 Å². The molecular weight excluding hydrogens is 270 g/mol. The van der Waals surface area contributed by atoms with Crippen LogP contribution in [0.4, 0.5) is 5.69 Å². The lowest BCUT2D eigenvalue weighted by atomic mass is 9.91. The minimum atomic E-state index is 0.0974. The molecule has 2 aromatic carbocycles. The average molecular weight is 288 g/mol. The summed E-state index contributed by atoms with van der Waals surface area (Å²) in [5, 5.41) is 4.35. The third-order valence-corrected chi connectivity index (χ3v) is 3.94. The Balaban J connectivity index is 1.95. The van der Waals surface area contributed by atoms with Gasteiger partial charge in [0.05, 0.1) is 12.1 Å². The zero-order chi connectivity index (χ0) is 13.9. The van der Waals surface area contributed by atoms with Crippen LogP contribution in [0.15, 0.2) is 48.5 Å². The van der Waals surface area contributed by atoms with Crippen molar-refractivity contribution >= 4 is 17.3 Å². The maximum absolute atomic E-state index is 6.11. The van der Waals surface area contributed by atoms with Crippen LogP contribution >= 0.6 is 11.6 Å². The van der Waals surface area contributed by atoms with Crippen molar-refractivity contribution in [2.75, 3.05) is 11.9 Å². The van der Waals surface area contributed by atoms with Gasteiger partial charge in [-0.15, -0.1) is 0 Å². The van der Waals surface area contributed by atoms with E-state index in [1.54, 1.807) is 0 Å². The van der Waals surface area contributed by atoms with E-state index in [1.807, 2.05) is 31.2 Å². The normalized spacial score (nSPS) is 21.1. The van der Waals surface area contributed by atoms with Crippen molar-refractivity contribution < 1.29 is 4.74 Å². The van der Waals surface area contributed by atoms with E-state index in [1.165, 1.54) is 5.56 Å². The van der Waals surface area contributed by atoms with Crippen LogP contribution in [0, 0.1) is 0 Å². The van der Waals surface area contributed by atoms with E-state index in [0.717, 1.165) is 22.7 Å². The Morgan fingerprint density at radius 3 is 2.75 bits per heavy atom. The number of fused-ring (bicyclic) bond motifs is 1. The second-order valence-corrected chi connectivity index (χ2v) is 5.46. The Bertz CT molecular complexity index is 585. The van der Waals surface area contributed by atoms with Gasteiger partial charge in [-0.1, -0.05) is 41.9 Å². The molecule has 1 N–H and O–H groups in total. The van der Waals surface area contributed by atoms with Crippen LogP contribution in [-0.2, 0) is 4.74 Å². The van der Waals surface area contributed by atoms with Crippen molar-refractivity contribution in [2.45, 2.75) is 25.5 Å². The molecule has 0 saturated heterocycles. The average Bonchev–Trinajstić information content (AvgIpc) is 2.49. The number of hydrogen-bond acceptors (Lipinski definition) is 2. The Kier molecular flexibility index (Phi) is 3.95. The van der Waals surface area contributed by atoms with Crippen LogP contribution in [0.5, 0.6) is 0 Å². The Morgan fingerprint density at radius 2 is 2.00 bits per heavy atom. The summed E-state index contributed by atoms with van der Waals surface area (Å²) >= 11 is 6.11. The molecule has 2 atom stereocenters. The van der Waals surface area contributed by atoms with E-state index in [-0.39, 0.29) is 12.1 Å². The van der Waals surface area contributed by atoms with Gasteiger partial charge in [0.25, 0.3) is 0 Å². The molecule has 3 heteroatoms. The topological polar surface area (TPSA) is 21.3 Å². The van der Waals surface area contributed by atoms with E-state index >= 15 is 0 Å². The first-order valence-corrected chi connectivity index (χ1v) is 7.38. The predicted molar refractivity (Wildman–Crippen MR) is 83.2 cm³/mol. The summed E-state index contributed by atoms with van der Waals surface area (Å²) in [6, 6.07) is 16.7. The van der Waals surface area contributed by atoms with Crippen LogP contribution in [0.3, 0.4) is 0 Å². The summed E-state index contributed by atoms with van der Waals surface area (Å²) in [5.74, 6) is 0. The third kappa shape index (κ3) is 2.67. The molecule has 0 bridgehead atoms. The predicted octanol–water partition coefficient (Wildman–Crippen LogP) is 4.97. The van der Waals surface area contributed by atoms with Gasteiger partial charge in [0.15, 0.2) is 0 Å². The molecule has 0 aromatic heterocycles. The molecular formula is C17H18ClNO. The minimum Gasteiger partial charge on any atom is -0.378 e. The van der Waals surface area contributed by atoms with Crippen molar-refractivity contribution in [2.24, 2.45) is 0 Å². The highest BCUT2D eigenvalue weighted by molar-refractivity contribution is 6.30. The van der Waals surface area contributed by atoms with Gasteiger partial charge < -0.3 is 10.1 Å². The summed E-state index contributed by atoms with van der Waals surface area (Å²) in [4.78, 5) is 0. The van der Waals surface area contributed by atoms with Gasteiger partial charge in [0, 0.05) is 29.3 Å². The van der Waals surface area contributed by atoms with Crippen LogP contribution in [0.2, 0.25) is 5.02 Å². The maximum Gasteiger partial charge on any atom is 0.0868 e. The van der Waals surface area contributed by atoms with Crippen molar-refractivity contribution in [3.05, 3.63) is 64.7 Å². The molecule has 0 amide bonds. The van der Waals surface area contributed by atoms with Crippen LogP contribution in [0.25, 0.3) is 0 Å². The van der Waals surface area contributed by atoms with Crippen LogP contribution in [0.1, 0.15) is 36.6 Å². The van der Waals surface area contributed by atoms with E-state index < -0.39 is 0 Å². The van der Waals surface area contributed by atoms with Crippen molar-refractivity contribution in [3.63, 3.8) is 0 Å². The van der Waals surface area contributed by atoms with Gasteiger partial charge in [-0.3, -0.25) is 0 Å². The fourth-order valence-electron chi connectivity index (χ4n) is 2.78. The Labute approximate surface area is 124 Å². The van der Waals surface area contributed by atoms with E-state index in [2.05, 4.69) is 29.6 Å². The third-order valence-electron chi connectivity index (χ3n) is 3.71. The minimum absolute atomic E-state index is 0.0974. The maximum atomic E-state index is 6.11. The van der Waals surface area contributed by atoms with Crippen molar-refractivity contribution in [3.8, 4) is 0 Å². The zero-order valence-electron chi connectivity index (χ0n) is 11.5. The Morgan fingerprint density at radius 1 is 1.20 bits per heavy atom. The first-order chi connectivity index (χ1) is 9.78. The summed E-state index contributed by atoms with van der Waals surface area (Å²) in [6.07, 6.45) is 1.02. The highest BCUT2D eigenvalue weighted by Gasteiger charge is 2.27. The largest absolute Gasteiger partial charge is 0.378 e. The number of hydrogen-bond donors (Lipinski definition) is 1. The fourth-order valence-corrected chi connectivity index (χ4v) is 2.96. The molecule has 2 aromatic rings. The van der Waals surface area contributed by atoms with Gasteiger partial charge in [0.1, 0.15) is 0 Å². The highest BCUT2D eigenvalue weighted by atomic mass is 35.5. The SMILES string of the molecule is CCOC1CC(c2ccccc2)Nc2ccc(Cl)cc21. The molecule has 3 rings (SSSR count). The van der Waals surface area contributed by atoms with E-state index in [0.29, 0.717) is 6.61 Å².